The number of methoxy groups -OCH3 is 3. The number of hydrogen-bond acceptors (Lipinski definition) is 7. The summed E-state index contributed by atoms with van der Waals surface area (Å²) in [7, 11) is 4.49. The van der Waals surface area contributed by atoms with Crippen LogP contribution in [0, 0.1) is 5.92 Å². The third-order valence-corrected chi connectivity index (χ3v) is 4.86. The van der Waals surface area contributed by atoms with Crippen LogP contribution in [-0.4, -0.2) is 51.1 Å². The molecule has 0 aromatic heterocycles. The summed E-state index contributed by atoms with van der Waals surface area (Å²) >= 11 is 0. The molecule has 0 spiro atoms. The van der Waals surface area contributed by atoms with Gasteiger partial charge in [-0.25, -0.2) is 4.79 Å². The van der Waals surface area contributed by atoms with Gasteiger partial charge in [-0.05, 0) is 49.2 Å². The summed E-state index contributed by atoms with van der Waals surface area (Å²) < 4.78 is 20.8. The van der Waals surface area contributed by atoms with E-state index in [0.29, 0.717) is 22.8 Å². The largest absolute Gasteiger partial charge is 0.497 e. The predicted octanol–water partition coefficient (Wildman–Crippen LogP) is 3.28. The summed E-state index contributed by atoms with van der Waals surface area (Å²) in [4.78, 5) is 38.2. The first-order chi connectivity index (χ1) is 15.2. The highest BCUT2D eigenvalue weighted by Crippen LogP contribution is 2.23. The summed E-state index contributed by atoms with van der Waals surface area (Å²) in [5.74, 6) is -0.323. The Hall–Kier alpha value is -3.55. The zero-order valence-corrected chi connectivity index (χ0v) is 19.1. The van der Waals surface area contributed by atoms with Crippen molar-refractivity contribution >= 4 is 17.7 Å². The molecule has 0 saturated carbocycles. The number of hydrogen-bond donors (Lipinski definition) is 1. The molecule has 0 aliphatic heterocycles. The minimum atomic E-state index is -1.02. The highest BCUT2D eigenvalue weighted by molar-refractivity contribution is 6.01. The molecular formula is C24H29NO7. The van der Waals surface area contributed by atoms with Crippen LogP contribution in [0.2, 0.25) is 0 Å². The monoisotopic (exact) mass is 443 g/mol. The predicted molar refractivity (Wildman–Crippen MR) is 119 cm³/mol. The van der Waals surface area contributed by atoms with E-state index in [-0.39, 0.29) is 17.3 Å². The fourth-order valence-electron chi connectivity index (χ4n) is 2.95. The Kier molecular flexibility index (Phi) is 8.63. The van der Waals surface area contributed by atoms with E-state index >= 15 is 0 Å². The lowest BCUT2D eigenvalue weighted by atomic mass is 10.0. The first-order valence-electron chi connectivity index (χ1n) is 10.1. The van der Waals surface area contributed by atoms with Crippen molar-refractivity contribution in [2.75, 3.05) is 21.3 Å². The molecule has 8 heteroatoms. The maximum absolute atomic E-state index is 12.8. The zero-order valence-electron chi connectivity index (χ0n) is 19.1. The maximum atomic E-state index is 12.8. The molecule has 0 aliphatic carbocycles. The van der Waals surface area contributed by atoms with Crippen LogP contribution in [0.3, 0.4) is 0 Å². The summed E-state index contributed by atoms with van der Waals surface area (Å²) in [6, 6.07) is 10.3. The quantitative estimate of drug-likeness (QED) is 0.444. The van der Waals surface area contributed by atoms with Crippen LogP contribution in [-0.2, 0) is 9.53 Å². The fourth-order valence-corrected chi connectivity index (χ4v) is 2.95. The van der Waals surface area contributed by atoms with Gasteiger partial charge in [-0.1, -0.05) is 13.8 Å². The van der Waals surface area contributed by atoms with Crippen molar-refractivity contribution in [3.05, 3.63) is 53.6 Å². The van der Waals surface area contributed by atoms with Crippen LogP contribution in [0.15, 0.2) is 42.5 Å². The average Bonchev–Trinajstić information content (AvgIpc) is 2.80. The number of Topliss-reactive ketones (excluding diaryl/α,β-unsaturated/α-hetero) is 1. The minimum Gasteiger partial charge on any atom is -0.497 e. The Morgan fingerprint density at radius 1 is 0.750 bits per heavy atom. The average molecular weight is 443 g/mol. The lowest BCUT2D eigenvalue weighted by molar-refractivity contribution is -0.149. The number of ketones is 1. The molecular weight excluding hydrogens is 414 g/mol. The van der Waals surface area contributed by atoms with Gasteiger partial charge >= 0.3 is 5.97 Å². The van der Waals surface area contributed by atoms with Crippen LogP contribution in [0.1, 0.15) is 41.5 Å². The standard InChI is InChI=1S/C24H29NO7/c1-14(2)21(25-23(27)17-11-19(30-5)13-20(12-17)31-6)24(28)32-15(3)22(26)16-7-9-18(29-4)10-8-16/h7-15,21H,1-6H3,(H,25,27)/t15?,21-/m0/s1. The lowest BCUT2D eigenvalue weighted by Crippen LogP contribution is -2.46. The molecule has 1 N–H and O–H groups in total. The van der Waals surface area contributed by atoms with Gasteiger partial charge in [-0.2, -0.15) is 0 Å². The molecule has 32 heavy (non-hydrogen) atoms. The Bertz CT molecular complexity index is 931. The van der Waals surface area contributed by atoms with Gasteiger partial charge in [0, 0.05) is 17.2 Å². The van der Waals surface area contributed by atoms with Crippen molar-refractivity contribution in [1.82, 2.24) is 5.32 Å². The topological polar surface area (TPSA) is 100 Å². The number of rotatable bonds is 10. The molecule has 1 amide bonds. The van der Waals surface area contributed by atoms with Crippen molar-refractivity contribution in [2.45, 2.75) is 32.9 Å². The van der Waals surface area contributed by atoms with Crippen molar-refractivity contribution < 1.29 is 33.3 Å². The smallest absolute Gasteiger partial charge is 0.329 e. The van der Waals surface area contributed by atoms with Crippen LogP contribution in [0.4, 0.5) is 0 Å². The number of ether oxygens (including phenoxy) is 4. The zero-order chi connectivity index (χ0) is 23.8. The molecule has 0 aliphatic rings. The van der Waals surface area contributed by atoms with Gasteiger partial charge in [0.05, 0.1) is 21.3 Å². The van der Waals surface area contributed by atoms with E-state index < -0.39 is 24.0 Å². The second-order valence-corrected chi connectivity index (χ2v) is 7.47. The van der Waals surface area contributed by atoms with Crippen molar-refractivity contribution in [1.29, 1.82) is 0 Å². The second kappa shape index (κ2) is 11.2. The number of benzene rings is 2. The van der Waals surface area contributed by atoms with Gasteiger partial charge in [-0.3, -0.25) is 9.59 Å². The van der Waals surface area contributed by atoms with Gasteiger partial charge in [0.15, 0.2) is 6.10 Å². The fraction of sp³-hybridized carbons (Fsp3) is 0.375. The van der Waals surface area contributed by atoms with Gasteiger partial charge in [0.25, 0.3) is 5.91 Å². The molecule has 2 rings (SSSR count). The summed E-state index contributed by atoms with van der Waals surface area (Å²) in [6.45, 7) is 5.04. The molecule has 1 unspecified atom stereocenters. The second-order valence-electron chi connectivity index (χ2n) is 7.47. The molecule has 0 bridgehead atoms. The van der Waals surface area contributed by atoms with Gasteiger partial charge < -0.3 is 24.3 Å². The van der Waals surface area contributed by atoms with Crippen LogP contribution in [0.25, 0.3) is 0 Å². The van der Waals surface area contributed by atoms with Crippen LogP contribution in [0.5, 0.6) is 17.2 Å². The van der Waals surface area contributed by atoms with Crippen molar-refractivity contribution in [2.24, 2.45) is 5.92 Å². The molecule has 0 radical (unpaired) electrons. The summed E-state index contributed by atoms with van der Waals surface area (Å²) in [5.41, 5.74) is 0.654. The molecule has 0 fully saturated rings. The maximum Gasteiger partial charge on any atom is 0.329 e. The first-order valence-corrected chi connectivity index (χ1v) is 10.1. The number of esters is 1. The Labute approximate surface area is 187 Å². The van der Waals surface area contributed by atoms with E-state index in [0.717, 1.165) is 0 Å². The SMILES string of the molecule is COc1ccc(C(=O)C(C)OC(=O)[C@@H](NC(=O)c2cc(OC)cc(OC)c2)C(C)C)cc1. The Morgan fingerprint density at radius 2 is 1.28 bits per heavy atom. The third kappa shape index (κ3) is 6.23. The molecule has 0 heterocycles. The van der Waals surface area contributed by atoms with E-state index in [4.69, 9.17) is 18.9 Å². The van der Waals surface area contributed by atoms with Gasteiger partial charge in [0.1, 0.15) is 23.3 Å². The van der Waals surface area contributed by atoms with Gasteiger partial charge in [0.2, 0.25) is 5.78 Å². The number of carbonyl (C=O) groups is 3. The van der Waals surface area contributed by atoms with Crippen LogP contribution >= 0.6 is 0 Å². The van der Waals surface area contributed by atoms with Gasteiger partial charge in [-0.15, -0.1) is 0 Å². The Morgan fingerprint density at radius 3 is 1.75 bits per heavy atom. The third-order valence-electron chi connectivity index (χ3n) is 4.86. The van der Waals surface area contributed by atoms with Crippen LogP contribution < -0.4 is 19.5 Å². The van der Waals surface area contributed by atoms with E-state index in [1.165, 1.54) is 40.4 Å². The van der Waals surface area contributed by atoms with E-state index in [9.17, 15) is 14.4 Å². The number of nitrogens with one attached hydrogen (secondary N) is 1. The Balaban J connectivity index is 2.11. The van der Waals surface area contributed by atoms with Crippen molar-refractivity contribution in [3.63, 3.8) is 0 Å². The normalized spacial score (nSPS) is 12.5. The molecule has 2 aromatic rings. The van der Waals surface area contributed by atoms with E-state index in [2.05, 4.69) is 5.32 Å². The minimum absolute atomic E-state index is 0.266. The van der Waals surface area contributed by atoms with E-state index in [1.54, 1.807) is 44.2 Å². The highest BCUT2D eigenvalue weighted by atomic mass is 16.5. The molecule has 172 valence electrons. The molecule has 0 saturated heterocycles. The lowest BCUT2D eigenvalue weighted by Gasteiger charge is -2.23. The molecule has 2 aromatic carbocycles. The highest BCUT2D eigenvalue weighted by Gasteiger charge is 2.30. The first kappa shape index (κ1) is 24.7. The van der Waals surface area contributed by atoms with E-state index in [1.807, 2.05) is 0 Å². The number of carbonyl (C=O) groups excluding carboxylic acids is 3. The summed E-state index contributed by atoms with van der Waals surface area (Å²) in [5, 5.41) is 2.68. The summed E-state index contributed by atoms with van der Waals surface area (Å²) in [6.07, 6.45) is -1.02. The molecule has 8 nitrogen and oxygen atoms in total. The molecule has 2 atom stereocenters. The number of amides is 1. The van der Waals surface area contributed by atoms with Crippen molar-refractivity contribution in [3.8, 4) is 17.2 Å².